The molecule has 3 aromatic heterocycles. The predicted molar refractivity (Wildman–Crippen MR) is 188 cm³/mol. The highest BCUT2D eigenvalue weighted by Gasteiger charge is 2.36. The van der Waals surface area contributed by atoms with Crippen molar-refractivity contribution in [2.45, 2.75) is 19.3 Å². The second-order valence-corrected chi connectivity index (χ2v) is 12.9. The maximum atomic E-state index is 5.21. The lowest BCUT2D eigenvalue weighted by atomic mass is 9.82. The van der Waals surface area contributed by atoms with Gasteiger partial charge in [0.2, 0.25) is 0 Å². The van der Waals surface area contributed by atoms with Gasteiger partial charge in [-0.05, 0) is 76.9 Å². The van der Waals surface area contributed by atoms with E-state index in [2.05, 4.69) is 162 Å². The molecule has 0 amide bonds. The van der Waals surface area contributed by atoms with Crippen LogP contribution in [0.4, 0.5) is 0 Å². The van der Waals surface area contributed by atoms with E-state index in [0.717, 1.165) is 33.5 Å². The molecule has 0 saturated carbocycles. The molecule has 3 heterocycles. The maximum absolute atomic E-state index is 5.21. The van der Waals surface area contributed by atoms with E-state index in [1.54, 1.807) is 0 Å². The van der Waals surface area contributed by atoms with Gasteiger partial charge in [0.1, 0.15) is 0 Å². The smallest absolute Gasteiger partial charge is 0.0950 e. The van der Waals surface area contributed by atoms with Crippen molar-refractivity contribution in [3.05, 3.63) is 151 Å². The van der Waals surface area contributed by atoms with Crippen molar-refractivity contribution in [2.75, 3.05) is 0 Å². The highest BCUT2D eigenvalue weighted by atomic mass is 15.0. The molecule has 45 heavy (non-hydrogen) atoms. The topological polar surface area (TPSA) is 22.2 Å². The van der Waals surface area contributed by atoms with Gasteiger partial charge in [0.25, 0.3) is 0 Å². The molecule has 0 atom stereocenters. The average molecular weight is 576 g/mol. The van der Waals surface area contributed by atoms with E-state index in [4.69, 9.17) is 4.98 Å². The van der Waals surface area contributed by atoms with Gasteiger partial charge >= 0.3 is 0 Å². The summed E-state index contributed by atoms with van der Waals surface area (Å²) >= 11 is 0. The van der Waals surface area contributed by atoms with Crippen LogP contribution in [-0.2, 0) is 5.41 Å². The van der Waals surface area contributed by atoms with E-state index < -0.39 is 0 Å². The number of aromatic nitrogens is 3. The van der Waals surface area contributed by atoms with Gasteiger partial charge in [0.05, 0.1) is 38.8 Å². The Hall–Kier alpha value is -5.67. The lowest BCUT2D eigenvalue weighted by Crippen LogP contribution is -2.14. The van der Waals surface area contributed by atoms with Crippen molar-refractivity contribution < 1.29 is 0 Å². The second kappa shape index (κ2) is 8.71. The third-order valence-corrected chi connectivity index (χ3v) is 10.1. The molecule has 10 rings (SSSR count). The zero-order chi connectivity index (χ0) is 29.9. The van der Waals surface area contributed by atoms with Crippen LogP contribution in [0.3, 0.4) is 0 Å². The Morgan fingerprint density at radius 1 is 0.511 bits per heavy atom. The van der Waals surface area contributed by atoms with Crippen LogP contribution in [0.15, 0.2) is 140 Å². The normalized spacial score (nSPS) is 13.7. The predicted octanol–water partition coefficient (Wildman–Crippen LogP) is 10.7. The van der Waals surface area contributed by atoms with Gasteiger partial charge in [0.15, 0.2) is 0 Å². The van der Waals surface area contributed by atoms with Gasteiger partial charge in [-0.2, -0.15) is 0 Å². The number of benzene rings is 6. The molecule has 0 fully saturated rings. The van der Waals surface area contributed by atoms with Crippen LogP contribution in [0.2, 0.25) is 0 Å². The summed E-state index contributed by atoms with van der Waals surface area (Å²) in [4.78, 5) is 5.21. The Kier molecular flexibility index (Phi) is 4.79. The summed E-state index contributed by atoms with van der Waals surface area (Å²) in [6.07, 6.45) is 0. The molecular weight excluding hydrogens is 546 g/mol. The zero-order valence-electron chi connectivity index (χ0n) is 25.1. The molecule has 0 saturated heterocycles. The molecule has 0 spiro atoms. The molecule has 212 valence electrons. The number of nitrogens with zero attached hydrogens (tertiary/aromatic N) is 3. The molecule has 0 radical (unpaired) electrons. The number of hydrogen-bond acceptors (Lipinski definition) is 1. The van der Waals surface area contributed by atoms with Crippen LogP contribution in [0.25, 0.3) is 77.3 Å². The minimum absolute atomic E-state index is 0.0349. The first-order valence-corrected chi connectivity index (χ1v) is 15.7. The Balaban J connectivity index is 1.20. The fraction of sp³-hybridized carbons (Fsp3) is 0.0714. The number of para-hydroxylation sites is 4. The minimum atomic E-state index is -0.0349. The molecule has 0 aliphatic heterocycles. The molecule has 1 aliphatic carbocycles. The lowest BCUT2D eigenvalue weighted by molar-refractivity contribution is 0.661. The first-order valence-electron chi connectivity index (χ1n) is 15.7. The highest BCUT2D eigenvalue weighted by Crippen LogP contribution is 2.51. The molecule has 3 nitrogen and oxygen atoms in total. The van der Waals surface area contributed by atoms with E-state index in [1.807, 2.05) is 0 Å². The minimum Gasteiger partial charge on any atom is -0.309 e. The van der Waals surface area contributed by atoms with Crippen molar-refractivity contribution in [3.8, 4) is 28.1 Å². The molecular formula is C42H29N3. The first-order chi connectivity index (χ1) is 22.1. The maximum Gasteiger partial charge on any atom is 0.0950 e. The van der Waals surface area contributed by atoms with Crippen molar-refractivity contribution in [3.63, 3.8) is 0 Å². The average Bonchev–Trinajstić information content (AvgIpc) is 3.70. The number of hydrogen-bond donors (Lipinski definition) is 0. The fourth-order valence-corrected chi connectivity index (χ4v) is 7.94. The summed E-state index contributed by atoms with van der Waals surface area (Å²) in [5.74, 6) is 0. The van der Waals surface area contributed by atoms with E-state index in [-0.39, 0.29) is 5.41 Å². The van der Waals surface area contributed by atoms with Gasteiger partial charge in [-0.1, -0.05) is 98.8 Å². The molecule has 9 aromatic rings. The molecule has 1 aliphatic rings. The van der Waals surface area contributed by atoms with Gasteiger partial charge < -0.3 is 8.97 Å². The van der Waals surface area contributed by atoms with Crippen LogP contribution >= 0.6 is 0 Å². The Morgan fingerprint density at radius 3 is 2.09 bits per heavy atom. The molecule has 3 heteroatoms. The molecule has 6 aromatic carbocycles. The quantitative estimate of drug-likeness (QED) is 0.201. The summed E-state index contributed by atoms with van der Waals surface area (Å²) in [5.41, 5.74) is 15.6. The summed E-state index contributed by atoms with van der Waals surface area (Å²) in [5, 5.41) is 3.80. The van der Waals surface area contributed by atoms with Crippen molar-refractivity contribution in [1.82, 2.24) is 14.0 Å². The Labute approximate surface area is 260 Å². The van der Waals surface area contributed by atoms with Crippen LogP contribution in [-0.4, -0.2) is 14.0 Å². The standard InChI is InChI=1S/C42H29N3/c1-42(2)33-14-6-4-12-29(33)31-25-39-32(24-34(31)42)30-13-5-9-17-37(30)44(39)28-21-19-26(20-22-28)41-40-23-27-11-3-8-16-36(27)45(40)38-18-10-7-15-35(38)43-41/h3-25H,1-2H3. The van der Waals surface area contributed by atoms with Gasteiger partial charge in [-0.3, -0.25) is 0 Å². The van der Waals surface area contributed by atoms with Crippen molar-refractivity contribution in [1.29, 1.82) is 0 Å². The third kappa shape index (κ3) is 3.27. The van der Waals surface area contributed by atoms with Crippen molar-refractivity contribution >= 4 is 49.3 Å². The van der Waals surface area contributed by atoms with Crippen LogP contribution in [0, 0.1) is 0 Å². The summed E-state index contributed by atoms with van der Waals surface area (Å²) < 4.78 is 4.78. The number of rotatable bonds is 2. The van der Waals surface area contributed by atoms with Gasteiger partial charge in [-0.25, -0.2) is 4.98 Å². The van der Waals surface area contributed by atoms with Crippen LogP contribution in [0.1, 0.15) is 25.0 Å². The molecule has 0 unspecified atom stereocenters. The molecule has 0 bridgehead atoms. The van der Waals surface area contributed by atoms with Crippen LogP contribution < -0.4 is 0 Å². The lowest BCUT2D eigenvalue weighted by Gasteiger charge is -2.21. The SMILES string of the molecule is CC1(C)c2ccccc2-c2cc3c(cc21)c1ccccc1n3-c1ccc(-c2nc3ccccc3n3c2cc2ccccc23)cc1. The summed E-state index contributed by atoms with van der Waals surface area (Å²) in [6.45, 7) is 4.71. The fourth-order valence-electron chi connectivity index (χ4n) is 7.94. The first kappa shape index (κ1) is 24.7. The van der Waals surface area contributed by atoms with Gasteiger partial charge in [0, 0.05) is 32.8 Å². The summed E-state index contributed by atoms with van der Waals surface area (Å²) in [7, 11) is 0. The third-order valence-electron chi connectivity index (χ3n) is 10.1. The van der Waals surface area contributed by atoms with E-state index in [1.165, 1.54) is 55.0 Å². The summed E-state index contributed by atoms with van der Waals surface area (Å²) in [6, 6.07) is 50.8. The molecule has 0 N–H and O–H groups in total. The number of fused-ring (bicyclic) bond motifs is 11. The zero-order valence-corrected chi connectivity index (χ0v) is 25.1. The largest absolute Gasteiger partial charge is 0.309 e. The van der Waals surface area contributed by atoms with E-state index >= 15 is 0 Å². The monoisotopic (exact) mass is 575 g/mol. The van der Waals surface area contributed by atoms with Crippen molar-refractivity contribution in [2.24, 2.45) is 0 Å². The second-order valence-electron chi connectivity index (χ2n) is 12.9. The Morgan fingerprint density at radius 2 is 1.22 bits per heavy atom. The highest BCUT2D eigenvalue weighted by molar-refractivity contribution is 6.11. The van der Waals surface area contributed by atoms with Crippen LogP contribution in [0.5, 0.6) is 0 Å². The van der Waals surface area contributed by atoms with Gasteiger partial charge in [-0.15, -0.1) is 0 Å². The van der Waals surface area contributed by atoms with E-state index in [9.17, 15) is 0 Å². The Bertz CT molecular complexity index is 2670. The van der Waals surface area contributed by atoms with E-state index in [0.29, 0.717) is 0 Å².